The molecule has 0 atom stereocenters. The molecule has 0 unspecified atom stereocenters. The van der Waals surface area contributed by atoms with E-state index in [1.165, 1.54) is 0 Å². The Kier molecular flexibility index (Phi) is 6.42. The minimum absolute atomic E-state index is 0.0638. The van der Waals surface area contributed by atoms with Crippen molar-refractivity contribution in [1.82, 2.24) is 0 Å². The molecule has 16 heavy (non-hydrogen) atoms. The number of aliphatic hydroxyl groups excluding tert-OH is 1. The van der Waals surface area contributed by atoms with Gasteiger partial charge in [0.15, 0.2) is 0 Å². The second kappa shape index (κ2) is 7.01. The SMILES string of the molecule is O=S(=O)(O)O.OCCNc1ccccc1O. The molecule has 8 heteroatoms. The molecule has 0 amide bonds. The number of phenolic OH excluding ortho intramolecular Hbond substituents is 1. The Morgan fingerprint density at radius 1 is 1.19 bits per heavy atom. The Morgan fingerprint density at radius 2 is 1.69 bits per heavy atom. The van der Waals surface area contributed by atoms with Crippen LogP contribution in [0.1, 0.15) is 0 Å². The lowest BCUT2D eigenvalue weighted by atomic mass is 10.3. The van der Waals surface area contributed by atoms with Gasteiger partial charge in [-0.15, -0.1) is 0 Å². The minimum Gasteiger partial charge on any atom is -0.506 e. The van der Waals surface area contributed by atoms with Crippen molar-refractivity contribution in [3.63, 3.8) is 0 Å². The van der Waals surface area contributed by atoms with Crippen molar-refractivity contribution in [1.29, 1.82) is 0 Å². The maximum atomic E-state index is 9.19. The van der Waals surface area contributed by atoms with E-state index < -0.39 is 10.4 Å². The quantitative estimate of drug-likeness (QED) is 0.382. The predicted molar refractivity (Wildman–Crippen MR) is 57.9 cm³/mol. The highest BCUT2D eigenvalue weighted by Crippen LogP contribution is 2.20. The minimum atomic E-state index is -4.67. The summed E-state index contributed by atoms with van der Waals surface area (Å²) in [6.45, 7) is 0.520. The molecule has 0 aromatic heterocycles. The van der Waals surface area contributed by atoms with Crippen LogP contribution in [-0.4, -0.2) is 40.9 Å². The lowest BCUT2D eigenvalue weighted by molar-refractivity contribution is 0.311. The fraction of sp³-hybridized carbons (Fsp3) is 0.250. The summed E-state index contributed by atoms with van der Waals surface area (Å²) in [5, 5.41) is 20.5. The van der Waals surface area contributed by atoms with Gasteiger partial charge < -0.3 is 15.5 Å². The van der Waals surface area contributed by atoms with Crippen LogP contribution in [0.2, 0.25) is 0 Å². The Morgan fingerprint density at radius 3 is 2.12 bits per heavy atom. The fourth-order valence-corrected chi connectivity index (χ4v) is 0.814. The molecule has 0 fully saturated rings. The van der Waals surface area contributed by atoms with Gasteiger partial charge in [-0.05, 0) is 12.1 Å². The normalized spacial score (nSPS) is 10.2. The Hall–Kier alpha value is -1.35. The third kappa shape index (κ3) is 9.21. The molecule has 0 spiro atoms. The highest BCUT2D eigenvalue weighted by molar-refractivity contribution is 7.79. The van der Waals surface area contributed by atoms with E-state index in [2.05, 4.69) is 5.32 Å². The van der Waals surface area contributed by atoms with Gasteiger partial charge in [0, 0.05) is 6.54 Å². The maximum Gasteiger partial charge on any atom is 0.394 e. The Labute approximate surface area is 92.9 Å². The van der Waals surface area contributed by atoms with Gasteiger partial charge in [-0.2, -0.15) is 8.42 Å². The number of rotatable bonds is 3. The van der Waals surface area contributed by atoms with E-state index >= 15 is 0 Å². The third-order valence-electron chi connectivity index (χ3n) is 1.33. The number of phenols is 1. The second-order valence-electron chi connectivity index (χ2n) is 2.62. The van der Waals surface area contributed by atoms with Crippen LogP contribution in [0.5, 0.6) is 5.75 Å². The molecule has 0 aliphatic carbocycles. The highest BCUT2D eigenvalue weighted by Gasteiger charge is 1.95. The van der Waals surface area contributed by atoms with Crippen molar-refractivity contribution >= 4 is 16.1 Å². The average molecular weight is 251 g/mol. The van der Waals surface area contributed by atoms with Crippen molar-refractivity contribution in [2.24, 2.45) is 0 Å². The third-order valence-corrected chi connectivity index (χ3v) is 1.33. The van der Waals surface area contributed by atoms with Crippen LogP contribution in [0.3, 0.4) is 0 Å². The summed E-state index contributed by atoms with van der Waals surface area (Å²) in [4.78, 5) is 0. The van der Waals surface area contributed by atoms with Crippen molar-refractivity contribution in [3.8, 4) is 5.75 Å². The zero-order valence-electron chi connectivity index (χ0n) is 8.24. The molecule has 0 bridgehead atoms. The molecule has 7 nitrogen and oxygen atoms in total. The molecule has 0 aliphatic rings. The first-order valence-electron chi connectivity index (χ1n) is 4.17. The van der Waals surface area contributed by atoms with Crippen LogP contribution < -0.4 is 5.32 Å². The molecule has 1 aromatic rings. The van der Waals surface area contributed by atoms with Gasteiger partial charge >= 0.3 is 10.4 Å². The number of hydrogen-bond acceptors (Lipinski definition) is 5. The van der Waals surface area contributed by atoms with Crippen molar-refractivity contribution in [3.05, 3.63) is 24.3 Å². The summed E-state index contributed by atoms with van der Waals surface area (Å²) < 4.78 is 31.6. The topological polar surface area (TPSA) is 127 Å². The summed E-state index contributed by atoms with van der Waals surface area (Å²) in [6.07, 6.45) is 0. The lowest BCUT2D eigenvalue weighted by Gasteiger charge is -2.04. The van der Waals surface area contributed by atoms with E-state index in [4.69, 9.17) is 22.6 Å². The van der Waals surface area contributed by atoms with Crippen LogP contribution in [0.15, 0.2) is 24.3 Å². The van der Waals surface area contributed by atoms with Crippen LogP contribution in [0.4, 0.5) is 5.69 Å². The number of aliphatic hydroxyl groups is 1. The molecular weight excluding hydrogens is 238 g/mol. The molecule has 0 saturated carbocycles. The second-order valence-corrected chi connectivity index (χ2v) is 3.51. The Balaban J connectivity index is 0.000000385. The molecule has 5 N–H and O–H groups in total. The van der Waals surface area contributed by atoms with Crippen molar-refractivity contribution in [2.45, 2.75) is 0 Å². The highest BCUT2D eigenvalue weighted by atomic mass is 32.3. The van der Waals surface area contributed by atoms with E-state index in [-0.39, 0.29) is 12.4 Å². The number of para-hydroxylation sites is 2. The standard InChI is InChI=1S/C8H11NO2.H2O4S/c10-6-5-9-7-3-1-2-4-8(7)11;1-5(2,3)4/h1-4,9-11H,5-6H2;(H2,1,2,3,4). The predicted octanol–water partition coefficient (Wildman–Crippen LogP) is 0.144. The van der Waals surface area contributed by atoms with E-state index in [0.29, 0.717) is 12.2 Å². The molecule has 0 radical (unpaired) electrons. The summed E-state index contributed by atoms with van der Waals surface area (Å²) >= 11 is 0. The number of benzene rings is 1. The van der Waals surface area contributed by atoms with Crippen molar-refractivity contribution in [2.75, 3.05) is 18.5 Å². The first-order chi connectivity index (χ1) is 7.34. The summed E-state index contributed by atoms with van der Waals surface area (Å²) in [5.41, 5.74) is 0.654. The molecule has 92 valence electrons. The first kappa shape index (κ1) is 14.6. The lowest BCUT2D eigenvalue weighted by Crippen LogP contribution is -2.05. The van der Waals surface area contributed by atoms with Gasteiger partial charge in [0.05, 0.1) is 12.3 Å². The van der Waals surface area contributed by atoms with Crippen LogP contribution in [0.25, 0.3) is 0 Å². The monoisotopic (exact) mass is 251 g/mol. The van der Waals surface area contributed by atoms with E-state index in [9.17, 15) is 5.11 Å². The van der Waals surface area contributed by atoms with Gasteiger partial charge in [-0.1, -0.05) is 12.1 Å². The number of nitrogens with one attached hydrogen (secondary N) is 1. The average Bonchev–Trinajstić information content (AvgIpc) is 2.14. The van der Waals surface area contributed by atoms with E-state index in [1.54, 1.807) is 18.2 Å². The molecule has 1 aromatic carbocycles. The van der Waals surface area contributed by atoms with Gasteiger partial charge in [0.2, 0.25) is 0 Å². The smallest absolute Gasteiger partial charge is 0.394 e. The number of aromatic hydroxyl groups is 1. The summed E-state index contributed by atoms with van der Waals surface area (Å²) in [7, 11) is -4.67. The van der Waals surface area contributed by atoms with Gasteiger partial charge in [0.25, 0.3) is 0 Å². The van der Waals surface area contributed by atoms with Gasteiger partial charge in [-0.25, -0.2) is 0 Å². The fourth-order valence-electron chi connectivity index (χ4n) is 0.814. The molecule has 0 saturated heterocycles. The summed E-state index contributed by atoms with van der Waals surface area (Å²) in [6, 6.07) is 6.92. The summed E-state index contributed by atoms with van der Waals surface area (Å²) in [5.74, 6) is 0.209. The van der Waals surface area contributed by atoms with E-state index in [0.717, 1.165) is 0 Å². The molecule has 0 aliphatic heterocycles. The maximum absolute atomic E-state index is 9.19. The van der Waals surface area contributed by atoms with E-state index in [1.807, 2.05) is 6.07 Å². The zero-order valence-corrected chi connectivity index (χ0v) is 9.05. The largest absolute Gasteiger partial charge is 0.506 e. The number of anilines is 1. The zero-order chi connectivity index (χ0) is 12.6. The molecular formula is C8H13NO6S. The molecule has 1 rings (SSSR count). The van der Waals surface area contributed by atoms with Crippen molar-refractivity contribution < 1.29 is 27.7 Å². The van der Waals surface area contributed by atoms with Crippen LogP contribution in [-0.2, 0) is 10.4 Å². The van der Waals surface area contributed by atoms with Crippen LogP contribution in [0, 0.1) is 0 Å². The number of hydrogen-bond donors (Lipinski definition) is 5. The Bertz CT molecular complexity index is 397. The molecule has 0 heterocycles. The van der Waals surface area contributed by atoms with Gasteiger partial charge in [-0.3, -0.25) is 9.11 Å². The van der Waals surface area contributed by atoms with Crippen LogP contribution >= 0.6 is 0 Å². The first-order valence-corrected chi connectivity index (χ1v) is 5.57. The van der Waals surface area contributed by atoms with Gasteiger partial charge in [0.1, 0.15) is 5.75 Å².